The predicted molar refractivity (Wildman–Crippen MR) is 100 cm³/mol. The molecule has 0 aliphatic rings. The monoisotopic (exact) mass is 419 g/mol. The molecule has 1 aromatic carbocycles. The smallest absolute Gasteiger partial charge is 0.293 e. The van der Waals surface area contributed by atoms with Crippen molar-refractivity contribution >= 4 is 49.9 Å². The van der Waals surface area contributed by atoms with Gasteiger partial charge in [-0.2, -0.15) is 0 Å². The summed E-state index contributed by atoms with van der Waals surface area (Å²) in [6.45, 7) is 0. The zero-order valence-corrected chi connectivity index (χ0v) is 15.6. The number of aromatic nitrogens is 1. The first-order valence-electron chi connectivity index (χ1n) is 7.35. The average molecular weight is 420 g/mol. The van der Waals surface area contributed by atoms with Gasteiger partial charge >= 0.3 is 0 Å². The number of hydrogen-bond acceptors (Lipinski definition) is 5. The van der Waals surface area contributed by atoms with Gasteiger partial charge in [0.1, 0.15) is 0 Å². The van der Waals surface area contributed by atoms with Crippen molar-refractivity contribution in [1.82, 2.24) is 4.98 Å². The lowest BCUT2D eigenvalue weighted by Crippen LogP contribution is -2.27. The fourth-order valence-electron chi connectivity index (χ4n) is 2.11. The molecule has 1 N–H and O–H groups in total. The van der Waals surface area contributed by atoms with Crippen LogP contribution in [0.5, 0.6) is 0 Å². The van der Waals surface area contributed by atoms with Crippen LogP contribution < -0.4 is 10.2 Å². The van der Waals surface area contributed by atoms with E-state index in [1.54, 1.807) is 29.5 Å². The zero-order chi connectivity index (χ0) is 17.8. The SMILES string of the molecule is CN(C(=O)Cc1csc(NC(=O)c2ccc(Br)o2)n1)c1ccccc1. The Morgan fingerprint density at radius 2 is 2.00 bits per heavy atom. The number of anilines is 2. The number of furan rings is 1. The van der Waals surface area contributed by atoms with Crippen LogP contribution in [-0.2, 0) is 11.2 Å². The average Bonchev–Trinajstić information content (AvgIpc) is 3.24. The van der Waals surface area contributed by atoms with Crippen molar-refractivity contribution in [1.29, 1.82) is 0 Å². The van der Waals surface area contributed by atoms with Crippen LogP contribution in [0.2, 0.25) is 0 Å². The number of nitrogens with zero attached hydrogens (tertiary/aromatic N) is 2. The number of para-hydroxylation sites is 1. The number of halogens is 1. The highest BCUT2D eigenvalue weighted by atomic mass is 79.9. The Kier molecular flexibility index (Phi) is 5.30. The first-order chi connectivity index (χ1) is 12.0. The van der Waals surface area contributed by atoms with Gasteiger partial charge in [-0.05, 0) is 40.2 Å². The zero-order valence-electron chi connectivity index (χ0n) is 13.2. The van der Waals surface area contributed by atoms with Gasteiger partial charge in [0.05, 0.1) is 12.1 Å². The second-order valence-corrected chi connectivity index (χ2v) is 6.81. The lowest BCUT2D eigenvalue weighted by molar-refractivity contribution is -0.117. The quantitative estimate of drug-likeness (QED) is 0.678. The van der Waals surface area contributed by atoms with Crippen molar-refractivity contribution in [2.24, 2.45) is 0 Å². The summed E-state index contributed by atoms with van der Waals surface area (Å²) in [6, 6.07) is 12.6. The highest BCUT2D eigenvalue weighted by molar-refractivity contribution is 9.10. The Morgan fingerprint density at radius 1 is 1.24 bits per heavy atom. The van der Waals surface area contributed by atoms with Gasteiger partial charge in [0, 0.05) is 18.1 Å². The van der Waals surface area contributed by atoms with Gasteiger partial charge < -0.3 is 9.32 Å². The molecule has 6 nitrogen and oxygen atoms in total. The summed E-state index contributed by atoms with van der Waals surface area (Å²) >= 11 is 4.41. The third-order valence-electron chi connectivity index (χ3n) is 3.42. The summed E-state index contributed by atoms with van der Waals surface area (Å²) in [5.41, 5.74) is 1.42. The minimum atomic E-state index is -0.390. The molecule has 0 aliphatic carbocycles. The summed E-state index contributed by atoms with van der Waals surface area (Å²) < 4.78 is 5.67. The largest absolute Gasteiger partial charge is 0.444 e. The summed E-state index contributed by atoms with van der Waals surface area (Å²) in [7, 11) is 1.72. The second kappa shape index (κ2) is 7.62. The number of carbonyl (C=O) groups excluding carboxylic acids is 2. The minimum absolute atomic E-state index is 0.0793. The van der Waals surface area contributed by atoms with Crippen LogP contribution in [0.1, 0.15) is 16.2 Å². The van der Waals surface area contributed by atoms with Crippen molar-refractivity contribution in [3.63, 3.8) is 0 Å². The molecule has 0 fully saturated rings. The highest BCUT2D eigenvalue weighted by Crippen LogP contribution is 2.20. The first kappa shape index (κ1) is 17.4. The molecule has 0 radical (unpaired) electrons. The lowest BCUT2D eigenvalue weighted by atomic mass is 10.2. The van der Waals surface area contributed by atoms with Gasteiger partial charge in [0.25, 0.3) is 5.91 Å². The fourth-order valence-corrected chi connectivity index (χ4v) is 3.12. The molecular weight excluding hydrogens is 406 g/mol. The number of benzene rings is 1. The first-order valence-corrected chi connectivity index (χ1v) is 9.03. The van der Waals surface area contributed by atoms with E-state index in [1.807, 2.05) is 30.3 Å². The number of hydrogen-bond donors (Lipinski definition) is 1. The maximum absolute atomic E-state index is 12.4. The number of amides is 2. The number of thiazole rings is 1. The van der Waals surface area contributed by atoms with Gasteiger partial charge in [0.15, 0.2) is 15.6 Å². The molecule has 128 valence electrons. The summed E-state index contributed by atoms with van der Waals surface area (Å²) in [6.07, 6.45) is 0.157. The van der Waals surface area contributed by atoms with Crippen LogP contribution >= 0.6 is 27.3 Å². The topological polar surface area (TPSA) is 75.4 Å². The third-order valence-corrected chi connectivity index (χ3v) is 4.65. The fraction of sp³-hybridized carbons (Fsp3) is 0.118. The molecule has 2 aromatic heterocycles. The number of rotatable bonds is 5. The van der Waals surface area contributed by atoms with Crippen LogP contribution in [0.15, 0.2) is 56.9 Å². The Morgan fingerprint density at radius 3 is 2.68 bits per heavy atom. The summed E-state index contributed by atoms with van der Waals surface area (Å²) in [5, 5.41) is 4.83. The van der Waals surface area contributed by atoms with Gasteiger partial charge in [-0.3, -0.25) is 14.9 Å². The van der Waals surface area contributed by atoms with Gasteiger partial charge in [-0.15, -0.1) is 11.3 Å². The third kappa shape index (κ3) is 4.34. The molecule has 25 heavy (non-hydrogen) atoms. The molecule has 0 spiro atoms. The van der Waals surface area contributed by atoms with Crippen LogP contribution in [0, 0.1) is 0 Å². The van der Waals surface area contributed by atoms with E-state index in [4.69, 9.17) is 4.42 Å². The molecule has 0 unspecified atom stereocenters. The van der Waals surface area contributed by atoms with E-state index >= 15 is 0 Å². The maximum Gasteiger partial charge on any atom is 0.293 e. The van der Waals surface area contributed by atoms with E-state index < -0.39 is 0 Å². The van der Waals surface area contributed by atoms with E-state index in [0.29, 0.717) is 15.5 Å². The standard InChI is InChI=1S/C17H14BrN3O3S/c1-21(12-5-3-2-4-6-12)15(22)9-11-10-25-17(19-11)20-16(23)13-7-8-14(18)24-13/h2-8,10H,9H2,1H3,(H,19,20,23). The van der Waals surface area contributed by atoms with Crippen molar-refractivity contribution in [3.8, 4) is 0 Å². The molecule has 8 heteroatoms. The summed E-state index contributed by atoms with van der Waals surface area (Å²) in [5.74, 6) is -0.285. The Balaban J connectivity index is 1.61. The van der Waals surface area contributed by atoms with Crippen LogP contribution in [0.3, 0.4) is 0 Å². The summed E-state index contributed by atoms with van der Waals surface area (Å²) in [4.78, 5) is 30.2. The Hall–Kier alpha value is -2.45. The Labute approximate surface area is 156 Å². The number of likely N-dealkylation sites (N-methyl/N-ethyl adjacent to an activating group) is 1. The maximum atomic E-state index is 12.4. The van der Waals surface area contributed by atoms with Gasteiger partial charge in [-0.25, -0.2) is 4.98 Å². The van der Waals surface area contributed by atoms with Crippen molar-refractivity contribution in [3.05, 3.63) is 64.0 Å². The van der Waals surface area contributed by atoms with E-state index in [0.717, 1.165) is 5.69 Å². The molecule has 3 rings (SSSR count). The molecule has 2 heterocycles. The number of carbonyl (C=O) groups is 2. The van der Waals surface area contributed by atoms with E-state index in [-0.39, 0.29) is 24.0 Å². The van der Waals surface area contributed by atoms with Crippen molar-refractivity contribution in [2.75, 3.05) is 17.3 Å². The molecule has 0 atom stereocenters. The minimum Gasteiger partial charge on any atom is -0.444 e. The molecule has 3 aromatic rings. The van der Waals surface area contributed by atoms with E-state index in [2.05, 4.69) is 26.2 Å². The van der Waals surface area contributed by atoms with Gasteiger partial charge in [0.2, 0.25) is 5.91 Å². The van der Waals surface area contributed by atoms with E-state index in [9.17, 15) is 9.59 Å². The highest BCUT2D eigenvalue weighted by Gasteiger charge is 2.16. The number of nitrogens with one attached hydrogen (secondary N) is 1. The second-order valence-electron chi connectivity index (χ2n) is 5.17. The molecule has 0 saturated heterocycles. The normalized spacial score (nSPS) is 10.5. The molecule has 2 amide bonds. The van der Waals surface area contributed by atoms with Crippen LogP contribution in [0.4, 0.5) is 10.8 Å². The van der Waals surface area contributed by atoms with Crippen LogP contribution in [0.25, 0.3) is 0 Å². The molecule has 0 aliphatic heterocycles. The molecule has 0 bridgehead atoms. The predicted octanol–water partition coefficient (Wildman–Crippen LogP) is 3.96. The molecule has 0 saturated carbocycles. The van der Waals surface area contributed by atoms with Crippen molar-refractivity contribution in [2.45, 2.75) is 6.42 Å². The Bertz CT molecular complexity index is 891. The van der Waals surface area contributed by atoms with Gasteiger partial charge in [-0.1, -0.05) is 18.2 Å². The lowest BCUT2D eigenvalue weighted by Gasteiger charge is -2.16. The van der Waals surface area contributed by atoms with Crippen molar-refractivity contribution < 1.29 is 14.0 Å². The molecular formula is C17H14BrN3O3S. The van der Waals surface area contributed by atoms with Crippen LogP contribution in [-0.4, -0.2) is 23.8 Å². The van der Waals surface area contributed by atoms with E-state index in [1.165, 1.54) is 11.3 Å².